The number of carbonyl (C=O) groups excluding carboxylic acids is 1. The van der Waals surface area contributed by atoms with Gasteiger partial charge in [0.15, 0.2) is 0 Å². The maximum absolute atomic E-state index is 13.4. The molecule has 1 atom stereocenters. The van der Waals surface area contributed by atoms with Crippen LogP contribution in [0.15, 0.2) is 48.8 Å². The summed E-state index contributed by atoms with van der Waals surface area (Å²) >= 11 is 0. The van der Waals surface area contributed by atoms with Gasteiger partial charge in [-0.25, -0.2) is 4.98 Å². The molecule has 1 unspecified atom stereocenters. The monoisotopic (exact) mass is 467 g/mol. The fourth-order valence-corrected chi connectivity index (χ4v) is 3.50. The van der Waals surface area contributed by atoms with Gasteiger partial charge in [0, 0.05) is 42.3 Å². The molecule has 4 rings (SSSR count). The third-order valence-electron chi connectivity index (χ3n) is 5.24. The van der Waals surface area contributed by atoms with Crippen molar-refractivity contribution in [2.45, 2.75) is 24.6 Å². The van der Waals surface area contributed by atoms with Crippen LogP contribution in [0.5, 0.6) is 0 Å². The van der Waals surface area contributed by atoms with Crippen molar-refractivity contribution in [2.24, 2.45) is 0 Å². The highest BCUT2D eigenvalue weighted by atomic mass is 19.4. The highest BCUT2D eigenvalue weighted by Crippen LogP contribution is 2.44. The average molecular weight is 467 g/mol. The van der Waals surface area contributed by atoms with Crippen LogP contribution in [0.2, 0.25) is 0 Å². The van der Waals surface area contributed by atoms with Crippen LogP contribution >= 0.6 is 0 Å². The second-order valence-electron chi connectivity index (χ2n) is 7.56. The van der Waals surface area contributed by atoms with Gasteiger partial charge < -0.3 is 15.3 Å². The van der Waals surface area contributed by atoms with E-state index in [0.29, 0.717) is 48.7 Å². The first kappa shape index (κ1) is 22.6. The smallest absolute Gasteiger partial charge is 0.391 e. The molecule has 3 N–H and O–H groups in total. The summed E-state index contributed by atoms with van der Waals surface area (Å²) in [7, 11) is 0. The Balaban J connectivity index is 1.57. The number of anilines is 2. The normalized spacial score (nSPS) is 16.8. The molecule has 33 heavy (non-hydrogen) atoms. The molecule has 1 aliphatic rings. The van der Waals surface area contributed by atoms with Gasteiger partial charge in [0.2, 0.25) is 0 Å². The zero-order chi connectivity index (χ0) is 23.8. The Bertz CT molecular complexity index is 1130. The number of aromatic amines is 1. The van der Waals surface area contributed by atoms with Crippen molar-refractivity contribution in [3.8, 4) is 11.3 Å². The zero-order valence-electron chi connectivity index (χ0n) is 16.9. The number of aromatic nitrogens is 3. The number of nitrogens with zero attached hydrogens (tertiary/aromatic N) is 3. The summed E-state index contributed by atoms with van der Waals surface area (Å²) in [6.45, 7) is 0.963. The van der Waals surface area contributed by atoms with Crippen molar-refractivity contribution in [1.82, 2.24) is 15.2 Å². The minimum absolute atomic E-state index is 0.0385. The summed E-state index contributed by atoms with van der Waals surface area (Å²) in [4.78, 5) is 18.9. The first-order valence-electron chi connectivity index (χ1n) is 9.85. The van der Waals surface area contributed by atoms with Gasteiger partial charge in [-0.15, -0.1) is 0 Å². The molecule has 3 heterocycles. The fraction of sp³-hybridized carbons (Fsp3) is 0.286. The number of aliphatic hydroxyl groups excluding tert-OH is 1. The fourth-order valence-electron chi connectivity index (χ4n) is 3.50. The van der Waals surface area contributed by atoms with E-state index >= 15 is 0 Å². The van der Waals surface area contributed by atoms with Crippen LogP contribution in [0.3, 0.4) is 0 Å². The molecule has 0 saturated carbocycles. The predicted octanol–water partition coefficient (Wildman–Crippen LogP) is 3.95. The van der Waals surface area contributed by atoms with Gasteiger partial charge in [-0.2, -0.15) is 27.1 Å². The number of alkyl halides is 5. The first-order valence-corrected chi connectivity index (χ1v) is 9.85. The summed E-state index contributed by atoms with van der Waals surface area (Å²) < 4.78 is 64.4. The molecular weight excluding hydrogens is 449 g/mol. The average Bonchev–Trinajstić information content (AvgIpc) is 3.45. The lowest BCUT2D eigenvalue weighted by Crippen LogP contribution is -2.33. The number of benzene rings is 1. The molecule has 1 aromatic carbocycles. The largest absolute Gasteiger partial charge is 0.458 e. The van der Waals surface area contributed by atoms with Crippen LogP contribution in [0.25, 0.3) is 11.3 Å². The maximum Gasteiger partial charge on any atom is 0.458 e. The molecule has 1 fully saturated rings. The Morgan fingerprint density at radius 2 is 1.88 bits per heavy atom. The number of nitrogens with one attached hydrogen (secondary N) is 2. The van der Waals surface area contributed by atoms with E-state index in [2.05, 4.69) is 20.5 Å². The SMILES string of the molecule is O=C(Nc1ccc(C(F)(F)C(F)(F)F)cc1)c1cnc(N2CCC(O)C2)c(-c2ccn[nH]2)c1. The molecule has 12 heteroatoms. The highest BCUT2D eigenvalue weighted by molar-refractivity contribution is 6.05. The predicted molar refractivity (Wildman–Crippen MR) is 109 cm³/mol. The standard InChI is InChI=1S/C21H18F5N5O2/c22-20(23,21(24,25)26)13-1-3-14(4-2-13)29-19(33)12-9-16(17-5-7-28-30-17)18(27-10-12)31-8-6-15(32)11-31/h1-5,7,9-10,15,32H,6,8,11H2,(H,28,30)(H,29,33). The lowest BCUT2D eigenvalue weighted by molar-refractivity contribution is -0.289. The van der Waals surface area contributed by atoms with Gasteiger partial charge in [-0.3, -0.25) is 9.89 Å². The summed E-state index contributed by atoms with van der Waals surface area (Å²) in [5.74, 6) is -5.09. The van der Waals surface area contributed by atoms with E-state index in [9.17, 15) is 31.9 Å². The van der Waals surface area contributed by atoms with Gasteiger partial charge in [0.05, 0.1) is 17.4 Å². The number of β-amino-alcohol motifs (C(OH)–C–C–N with tert-alkyl or cyclic N) is 1. The van der Waals surface area contributed by atoms with Crippen molar-refractivity contribution in [3.63, 3.8) is 0 Å². The van der Waals surface area contributed by atoms with Crippen molar-refractivity contribution in [3.05, 3.63) is 59.9 Å². The van der Waals surface area contributed by atoms with Crippen LogP contribution < -0.4 is 10.2 Å². The number of H-pyrrole nitrogens is 1. The third kappa shape index (κ3) is 4.51. The number of aliphatic hydroxyl groups is 1. The third-order valence-corrected chi connectivity index (χ3v) is 5.24. The van der Waals surface area contributed by atoms with Crippen LogP contribution in [-0.2, 0) is 5.92 Å². The zero-order valence-corrected chi connectivity index (χ0v) is 16.9. The molecule has 0 aliphatic carbocycles. The molecule has 1 aliphatic heterocycles. The summed E-state index contributed by atoms with van der Waals surface area (Å²) in [6.07, 6.45) is -2.78. The molecule has 1 saturated heterocycles. The summed E-state index contributed by atoms with van der Waals surface area (Å²) in [5, 5.41) is 19.0. The van der Waals surface area contributed by atoms with Crippen LogP contribution in [0.1, 0.15) is 22.3 Å². The van der Waals surface area contributed by atoms with Crippen LogP contribution in [0.4, 0.5) is 33.5 Å². The number of rotatable bonds is 5. The van der Waals surface area contributed by atoms with Gasteiger partial charge >= 0.3 is 12.1 Å². The minimum atomic E-state index is -5.72. The van der Waals surface area contributed by atoms with Gasteiger partial charge in [-0.1, -0.05) is 12.1 Å². The lowest BCUT2D eigenvalue weighted by atomic mass is 10.1. The second kappa shape index (κ2) is 8.43. The summed E-state index contributed by atoms with van der Waals surface area (Å²) in [6, 6.07) is 6.40. The number of halogens is 5. The maximum atomic E-state index is 13.4. The number of hydrogen-bond donors (Lipinski definition) is 3. The van der Waals surface area contributed by atoms with E-state index in [4.69, 9.17) is 0 Å². The summed E-state index contributed by atoms with van der Waals surface area (Å²) in [5.41, 5.74) is 0.0967. The van der Waals surface area contributed by atoms with Crippen molar-refractivity contribution in [1.29, 1.82) is 0 Å². The van der Waals surface area contributed by atoms with Crippen LogP contribution in [-0.4, -0.2) is 51.6 Å². The van der Waals surface area contributed by atoms with E-state index in [-0.39, 0.29) is 11.3 Å². The van der Waals surface area contributed by atoms with Gasteiger partial charge in [0.25, 0.3) is 5.91 Å². The van der Waals surface area contributed by atoms with E-state index in [0.717, 1.165) is 12.1 Å². The van der Waals surface area contributed by atoms with Gasteiger partial charge in [-0.05, 0) is 30.7 Å². The quantitative estimate of drug-likeness (QED) is 0.494. The van der Waals surface area contributed by atoms with E-state index in [1.165, 1.54) is 12.4 Å². The van der Waals surface area contributed by atoms with Crippen molar-refractivity contribution in [2.75, 3.05) is 23.3 Å². The number of carbonyl (C=O) groups is 1. The van der Waals surface area contributed by atoms with E-state index < -0.39 is 29.7 Å². The minimum Gasteiger partial charge on any atom is -0.391 e. The Morgan fingerprint density at radius 1 is 1.15 bits per heavy atom. The Morgan fingerprint density at radius 3 is 2.45 bits per heavy atom. The molecule has 1 amide bonds. The second-order valence-corrected chi connectivity index (χ2v) is 7.56. The highest BCUT2D eigenvalue weighted by Gasteiger charge is 2.58. The molecule has 0 spiro atoms. The Kier molecular flexibility index (Phi) is 5.78. The Labute approximate surface area is 184 Å². The molecule has 2 aromatic heterocycles. The number of amides is 1. The van der Waals surface area contributed by atoms with Crippen molar-refractivity contribution < 1.29 is 31.9 Å². The topological polar surface area (TPSA) is 94.1 Å². The van der Waals surface area contributed by atoms with E-state index in [1.54, 1.807) is 12.1 Å². The number of pyridine rings is 1. The van der Waals surface area contributed by atoms with Crippen molar-refractivity contribution >= 4 is 17.4 Å². The van der Waals surface area contributed by atoms with E-state index in [1.807, 2.05) is 4.90 Å². The molecule has 0 radical (unpaired) electrons. The molecule has 0 bridgehead atoms. The number of hydrogen-bond acceptors (Lipinski definition) is 5. The van der Waals surface area contributed by atoms with Gasteiger partial charge in [0.1, 0.15) is 5.82 Å². The Hall–Kier alpha value is -3.54. The molecule has 3 aromatic rings. The molecular formula is C21H18F5N5O2. The molecule has 7 nitrogen and oxygen atoms in total. The first-order chi connectivity index (χ1) is 15.6. The van der Waals surface area contributed by atoms with Crippen LogP contribution in [0, 0.1) is 0 Å². The lowest BCUT2D eigenvalue weighted by Gasteiger charge is -2.20. The molecule has 174 valence electrons.